The first-order chi connectivity index (χ1) is 12.7. The molecule has 0 spiro atoms. The van der Waals surface area contributed by atoms with Gasteiger partial charge in [0.05, 0.1) is 5.02 Å². The van der Waals surface area contributed by atoms with Crippen molar-refractivity contribution in [2.45, 2.75) is 18.5 Å². The number of anilines is 1. The van der Waals surface area contributed by atoms with Gasteiger partial charge >= 0.3 is 0 Å². The van der Waals surface area contributed by atoms with Crippen LogP contribution >= 0.6 is 11.6 Å². The summed E-state index contributed by atoms with van der Waals surface area (Å²) >= 11 is 6.28. The van der Waals surface area contributed by atoms with Crippen LogP contribution in [0, 0.1) is 0 Å². The fraction of sp³-hybridized carbons (Fsp3) is 0.667. The lowest BCUT2D eigenvalue weighted by molar-refractivity contribution is 0.0154. The van der Waals surface area contributed by atoms with Gasteiger partial charge in [0.15, 0.2) is 5.96 Å². The Bertz CT molecular complexity index is 644. The number of fused-ring (bicyclic) bond motifs is 3. The number of aromatic nitrogens is 1. The molecule has 1 aromatic heterocycles. The molecule has 2 atom stereocenters. The molecule has 0 saturated carbocycles. The Balaban J connectivity index is 1.27. The summed E-state index contributed by atoms with van der Waals surface area (Å²) in [6.07, 6.45) is 2.85. The zero-order chi connectivity index (χ0) is 17.9. The van der Waals surface area contributed by atoms with Gasteiger partial charge in [0.2, 0.25) is 0 Å². The molecule has 2 N–H and O–H groups in total. The molecule has 2 bridgehead atoms. The van der Waals surface area contributed by atoms with E-state index in [1.54, 1.807) is 6.20 Å². The summed E-state index contributed by atoms with van der Waals surface area (Å²) < 4.78 is 0. The first-order valence-corrected chi connectivity index (χ1v) is 9.90. The van der Waals surface area contributed by atoms with Gasteiger partial charge in [-0.2, -0.15) is 0 Å². The van der Waals surface area contributed by atoms with Gasteiger partial charge < -0.3 is 15.5 Å². The van der Waals surface area contributed by atoms with Crippen molar-refractivity contribution in [2.24, 2.45) is 4.99 Å². The van der Waals surface area contributed by atoms with Crippen LogP contribution in [0.5, 0.6) is 0 Å². The van der Waals surface area contributed by atoms with Crippen molar-refractivity contribution in [2.75, 3.05) is 64.3 Å². The number of piperazine rings is 3. The number of hydrogen-bond donors (Lipinski definition) is 2. The van der Waals surface area contributed by atoms with Gasteiger partial charge in [0.1, 0.15) is 5.82 Å². The highest BCUT2D eigenvalue weighted by atomic mass is 35.5. The smallest absolute Gasteiger partial charge is 0.191 e. The first kappa shape index (κ1) is 17.8. The largest absolute Gasteiger partial charge is 0.355 e. The first-order valence-electron chi connectivity index (χ1n) is 9.52. The van der Waals surface area contributed by atoms with Crippen molar-refractivity contribution >= 4 is 23.4 Å². The molecule has 4 saturated heterocycles. The van der Waals surface area contributed by atoms with E-state index < -0.39 is 0 Å². The highest BCUT2D eigenvalue weighted by Crippen LogP contribution is 2.25. The molecule has 0 radical (unpaired) electrons. The van der Waals surface area contributed by atoms with E-state index in [2.05, 4.69) is 35.3 Å². The summed E-state index contributed by atoms with van der Waals surface area (Å²) in [5, 5.41) is 7.80. The predicted octanol–water partition coefficient (Wildman–Crippen LogP) is 0.479. The Morgan fingerprint density at radius 2 is 2.12 bits per heavy atom. The summed E-state index contributed by atoms with van der Waals surface area (Å²) in [4.78, 5) is 16.2. The number of halogens is 1. The number of guanidine groups is 1. The molecule has 7 nitrogen and oxygen atoms in total. The lowest BCUT2D eigenvalue weighted by Gasteiger charge is -2.47. The highest BCUT2D eigenvalue weighted by molar-refractivity contribution is 6.32. The van der Waals surface area contributed by atoms with Crippen LogP contribution in [0.1, 0.15) is 6.42 Å². The maximum Gasteiger partial charge on any atom is 0.191 e. The molecule has 8 heteroatoms. The fourth-order valence-corrected chi connectivity index (χ4v) is 4.44. The maximum atomic E-state index is 6.28. The zero-order valence-electron chi connectivity index (χ0n) is 15.4. The molecule has 142 valence electrons. The molecule has 0 aliphatic carbocycles. The third-order valence-electron chi connectivity index (χ3n) is 5.69. The van der Waals surface area contributed by atoms with E-state index in [1.807, 2.05) is 19.2 Å². The minimum absolute atomic E-state index is 0.353. The van der Waals surface area contributed by atoms with Gasteiger partial charge in [-0.1, -0.05) is 11.6 Å². The van der Waals surface area contributed by atoms with Gasteiger partial charge in [-0.3, -0.25) is 14.8 Å². The van der Waals surface area contributed by atoms with E-state index in [9.17, 15) is 0 Å². The summed E-state index contributed by atoms with van der Waals surface area (Å²) in [7, 11) is 1.84. The quantitative estimate of drug-likeness (QED) is 0.588. The number of nitrogens with zero attached hydrogens (tertiary/aromatic N) is 5. The Labute approximate surface area is 160 Å². The van der Waals surface area contributed by atoms with Gasteiger partial charge in [0.25, 0.3) is 0 Å². The van der Waals surface area contributed by atoms with E-state index in [1.165, 1.54) is 32.7 Å². The van der Waals surface area contributed by atoms with Crippen LogP contribution in [0.25, 0.3) is 0 Å². The standard InChI is InChI=1S/C18H28ClN7/c1-20-18(22-11-15-13-24-7-9-25(15)10-8-24)23-14-4-6-26(12-14)17-16(19)3-2-5-21-17/h2-3,5,14-15H,4,6-13H2,1H3,(H2,20,22,23). The van der Waals surface area contributed by atoms with Gasteiger partial charge in [-0.25, -0.2) is 4.98 Å². The van der Waals surface area contributed by atoms with Gasteiger partial charge in [-0.15, -0.1) is 0 Å². The molecular weight excluding hydrogens is 350 g/mol. The molecule has 5 rings (SSSR count). The van der Waals surface area contributed by atoms with Crippen molar-refractivity contribution in [1.29, 1.82) is 0 Å². The molecule has 26 heavy (non-hydrogen) atoms. The fourth-order valence-electron chi connectivity index (χ4n) is 4.20. The average Bonchev–Trinajstić information content (AvgIpc) is 3.14. The van der Waals surface area contributed by atoms with E-state index in [4.69, 9.17) is 11.6 Å². The third-order valence-corrected chi connectivity index (χ3v) is 5.98. The van der Waals surface area contributed by atoms with E-state index in [0.717, 1.165) is 37.8 Å². The summed E-state index contributed by atoms with van der Waals surface area (Å²) in [5.41, 5.74) is 0. The molecule has 4 aliphatic rings. The number of rotatable bonds is 4. The zero-order valence-corrected chi connectivity index (χ0v) is 16.1. The van der Waals surface area contributed by atoms with Crippen LogP contribution in [0.3, 0.4) is 0 Å². The van der Waals surface area contributed by atoms with E-state index in [0.29, 0.717) is 17.1 Å². The molecule has 4 aliphatic heterocycles. The Morgan fingerprint density at radius 1 is 1.27 bits per heavy atom. The molecular formula is C18H28ClN7. The number of nitrogens with one attached hydrogen (secondary N) is 2. The topological polar surface area (TPSA) is 59.0 Å². The van der Waals surface area contributed by atoms with Crippen molar-refractivity contribution in [3.8, 4) is 0 Å². The monoisotopic (exact) mass is 377 g/mol. The Kier molecular flexibility index (Phi) is 5.47. The Morgan fingerprint density at radius 3 is 2.81 bits per heavy atom. The van der Waals surface area contributed by atoms with Gasteiger partial charge in [0, 0.05) is 77.7 Å². The normalized spacial score (nSPS) is 31.3. The van der Waals surface area contributed by atoms with Crippen LogP contribution in [-0.2, 0) is 0 Å². The van der Waals surface area contributed by atoms with Crippen molar-refractivity contribution < 1.29 is 0 Å². The SMILES string of the molecule is CN=C(NCC1CN2CCN1CC2)NC1CCN(c2ncccc2Cl)C1. The van der Waals surface area contributed by atoms with Gasteiger partial charge in [-0.05, 0) is 18.6 Å². The number of pyridine rings is 1. The highest BCUT2D eigenvalue weighted by Gasteiger charge is 2.32. The van der Waals surface area contributed by atoms with E-state index >= 15 is 0 Å². The summed E-state index contributed by atoms with van der Waals surface area (Å²) in [6, 6.07) is 4.71. The van der Waals surface area contributed by atoms with Crippen molar-refractivity contribution in [3.05, 3.63) is 23.4 Å². The molecule has 5 heterocycles. The molecule has 0 aromatic carbocycles. The lowest BCUT2D eigenvalue weighted by Crippen LogP contribution is -2.64. The average molecular weight is 378 g/mol. The molecule has 4 fully saturated rings. The van der Waals surface area contributed by atoms with E-state index in [-0.39, 0.29) is 0 Å². The second kappa shape index (κ2) is 7.98. The summed E-state index contributed by atoms with van der Waals surface area (Å²) in [6.45, 7) is 8.78. The molecule has 0 amide bonds. The van der Waals surface area contributed by atoms with Crippen molar-refractivity contribution in [3.63, 3.8) is 0 Å². The molecule has 2 unspecified atom stereocenters. The maximum absolute atomic E-state index is 6.28. The lowest BCUT2D eigenvalue weighted by atomic mass is 10.1. The molecule has 1 aromatic rings. The number of aliphatic imine (C=N–C) groups is 1. The second-order valence-corrected chi connectivity index (χ2v) is 7.74. The van der Waals surface area contributed by atoms with Crippen LogP contribution < -0.4 is 15.5 Å². The van der Waals surface area contributed by atoms with Crippen LogP contribution in [0.2, 0.25) is 5.02 Å². The minimum atomic E-state index is 0.353. The Hall–Kier alpha value is -1.57. The summed E-state index contributed by atoms with van der Waals surface area (Å²) in [5.74, 6) is 1.77. The van der Waals surface area contributed by atoms with Crippen LogP contribution in [0.4, 0.5) is 5.82 Å². The van der Waals surface area contributed by atoms with Crippen LogP contribution in [0.15, 0.2) is 23.3 Å². The predicted molar refractivity (Wildman–Crippen MR) is 106 cm³/mol. The van der Waals surface area contributed by atoms with Crippen LogP contribution in [-0.4, -0.2) is 92.2 Å². The van der Waals surface area contributed by atoms with Crippen molar-refractivity contribution in [1.82, 2.24) is 25.4 Å². The second-order valence-electron chi connectivity index (χ2n) is 7.33. The third kappa shape index (κ3) is 3.89. The number of hydrogen-bond acceptors (Lipinski definition) is 5. The minimum Gasteiger partial charge on any atom is -0.355 e.